The molecule has 0 saturated heterocycles. The van der Waals surface area contributed by atoms with Crippen LogP contribution in [0, 0.1) is 0 Å². The van der Waals surface area contributed by atoms with Crippen LogP contribution in [0.4, 0.5) is 5.69 Å². The normalized spacial score (nSPS) is 9.73. The van der Waals surface area contributed by atoms with Gasteiger partial charge < -0.3 is 36.7 Å². The van der Waals surface area contributed by atoms with Crippen LogP contribution in [0.15, 0.2) is 52.7 Å². The number of hydrogen-bond donors (Lipinski definition) is 2. The summed E-state index contributed by atoms with van der Waals surface area (Å²) in [5.41, 5.74) is 6.58. The van der Waals surface area contributed by atoms with Crippen LogP contribution in [0.5, 0.6) is 11.5 Å². The van der Waals surface area contributed by atoms with Gasteiger partial charge in [-0.25, -0.2) is 0 Å². The maximum atomic E-state index is 11.8. The van der Waals surface area contributed by atoms with Crippen molar-refractivity contribution in [1.29, 1.82) is 0 Å². The molecule has 0 saturated carbocycles. The molecule has 0 aliphatic rings. The quantitative estimate of drug-likeness (QED) is 0.219. The second-order valence-corrected chi connectivity index (χ2v) is 4.14. The Morgan fingerprint density at radius 3 is 2.31 bits per heavy atom. The van der Waals surface area contributed by atoms with Gasteiger partial charge in [0.25, 0.3) is 0 Å². The molecule has 0 amide bonds. The molecule has 0 atom stereocenters. The monoisotopic (exact) mass is 445 g/mol. The third-order valence-electron chi connectivity index (χ3n) is 2.76. The van der Waals surface area contributed by atoms with E-state index in [0.29, 0.717) is 17.0 Å². The van der Waals surface area contributed by atoms with Crippen molar-refractivity contribution in [1.82, 2.24) is 0 Å². The molecule has 2 aromatic rings. The second kappa shape index (κ2) is 14.9. The number of nitrogens with two attached hydrogens (primary N) is 1. The van der Waals surface area contributed by atoms with Gasteiger partial charge in [0.05, 0.1) is 13.3 Å². The van der Waals surface area contributed by atoms with Crippen molar-refractivity contribution < 1.29 is 52.1 Å². The van der Waals surface area contributed by atoms with Crippen LogP contribution in [0.1, 0.15) is 11.1 Å². The van der Waals surface area contributed by atoms with Gasteiger partial charge in [-0.05, 0) is 23.8 Å². The van der Waals surface area contributed by atoms with E-state index in [-0.39, 0.29) is 43.3 Å². The molecule has 0 radical (unpaired) electrons. The van der Waals surface area contributed by atoms with E-state index in [4.69, 9.17) is 15.6 Å². The zero-order valence-corrected chi connectivity index (χ0v) is 16.0. The summed E-state index contributed by atoms with van der Waals surface area (Å²) in [5, 5.41) is 37.6. The molecule has 0 aliphatic heterocycles. The van der Waals surface area contributed by atoms with E-state index in [2.05, 4.69) is 10.2 Å². The fourth-order valence-corrected chi connectivity index (χ4v) is 1.64. The molecule has 0 bridgehead atoms. The number of nitrogen functional groups attached to an aromatic ring is 1. The number of nitrogens with zero attached hydrogens (tertiary/aromatic N) is 2. The summed E-state index contributed by atoms with van der Waals surface area (Å²) in [5.74, 6) is -0.368. The summed E-state index contributed by atoms with van der Waals surface area (Å²) < 4.78 is 4.93. The van der Waals surface area contributed by atoms with E-state index in [1.54, 1.807) is 36.4 Å². The Morgan fingerprint density at radius 1 is 1.15 bits per heavy atom. The topological polar surface area (TPSA) is 183 Å². The smallest absolute Gasteiger partial charge is 0.118 e. The molecular formula is C16H17MoN3O6-6. The molecule has 3 N–H and O–H groups in total. The van der Waals surface area contributed by atoms with Crippen LogP contribution in [-0.4, -0.2) is 31.4 Å². The fraction of sp³-hybridized carbons (Fsp3) is 0.125. The maximum absolute atomic E-state index is 11.8. The molecule has 0 aromatic heterocycles. The zero-order chi connectivity index (χ0) is 17.2. The zero-order valence-electron chi connectivity index (χ0n) is 14.0. The number of para-hydroxylation sites is 1. The SMILES string of the molecule is CO.COc1ccc(/C=N/N=C(\[O-])c2ccccc2N)c([O-])c1.[Mo].[O-2].[O-2]. The molecule has 0 fully saturated rings. The Bertz CT molecular complexity index is 710. The van der Waals surface area contributed by atoms with E-state index in [1.165, 1.54) is 19.4 Å². The van der Waals surface area contributed by atoms with Gasteiger partial charge >= 0.3 is 0 Å². The van der Waals surface area contributed by atoms with Crippen LogP contribution in [0.2, 0.25) is 0 Å². The van der Waals surface area contributed by atoms with Gasteiger partial charge in [0.15, 0.2) is 0 Å². The summed E-state index contributed by atoms with van der Waals surface area (Å²) in [6.07, 6.45) is 1.22. The molecule has 2 aromatic carbocycles. The third-order valence-corrected chi connectivity index (χ3v) is 2.76. The van der Waals surface area contributed by atoms with E-state index in [9.17, 15) is 10.2 Å². The molecule has 26 heavy (non-hydrogen) atoms. The van der Waals surface area contributed by atoms with Crippen molar-refractivity contribution in [3.63, 3.8) is 0 Å². The number of aliphatic hydroxyl groups excluding tert-OH is 1. The van der Waals surface area contributed by atoms with Gasteiger partial charge in [0, 0.05) is 45.3 Å². The van der Waals surface area contributed by atoms with Crippen LogP contribution in [0.3, 0.4) is 0 Å². The van der Waals surface area contributed by atoms with E-state index < -0.39 is 5.90 Å². The third kappa shape index (κ3) is 8.08. The Balaban J connectivity index is -0.00000102. The Kier molecular flexibility index (Phi) is 16.2. The number of ether oxygens (including phenoxy) is 1. The minimum absolute atomic E-state index is 0. The van der Waals surface area contributed by atoms with Crippen molar-refractivity contribution >= 4 is 17.8 Å². The average molecular weight is 443 g/mol. The fourth-order valence-electron chi connectivity index (χ4n) is 1.64. The first kappa shape index (κ1) is 28.4. The minimum Gasteiger partial charge on any atom is -2.00 e. The Morgan fingerprint density at radius 2 is 1.77 bits per heavy atom. The Hall–Kier alpha value is -2.45. The summed E-state index contributed by atoms with van der Waals surface area (Å²) in [7, 11) is 2.47. The van der Waals surface area contributed by atoms with Crippen LogP contribution in [-0.2, 0) is 32.0 Å². The molecule has 0 unspecified atom stereocenters. The molecule has 10 heteroatoms. The molecule has 0 spiro atoms. The first-order valence-electron chi connectivity index (χ1n) is 6.54. The number of rotatable bonds is 4. The van der Waals surface area contributed by atoms with Gasteiger partial charge in [0.2, 0.25) is 0 Å². The number of hydrogen-bond acceptors (Lipinski definition) is 7. The summed E-state index contributed by atoms with van der Waals surface area (Å²) in [4.78, 5) is 0. The van der Waals surface area contributed by atoms with Gasteiger partial charge in [-0.15, -0.1) is 0 Å². The van der Waals surface area contributed by atoms with Gasteiger partial charge in [0.1, 0.15) is 5.75 Å². The molecule has 9 nitrogen and oxygen atoms in total. The van der Waals surface area contributed by atoms with Crippen molar-refractivity contribution in [2.45, 2.75) is 0 Å². The van der Waals surface area contributed by atoms with Gasteiger partial charge in [-0.1, -0.05) is 30.0 Å². The molecule has 2 rings (SSSR count). The number of benzene rings is 2. The predicted octanol–water partition coefficient (Wildman–Crippen LogP) is -0.140. The number of anilines is 1. The van der Waals surface area contributed by atoms with Gasteiger partial charge in [-0.2, -0.15) is 10.2 Å². The number of methoxy groups -OCH3 is 1. The van der Waals surface area contributed by atoms with Crippen LogP contribution in [0.25, 0.3) is 0 Å². The first-order chi connectivity index (χ1) is 11.1. The van der Waals surface area contributed by atoms with Crippen molar-refractivity contribution in [3.8, 4) is 11.5 Å². The van der Waals surface area contributed by atoms with E-state index in [0.717, 1.165) is 7.11 Å². The summed E-state index contributed by atoms with van der Waals surface area (Å²) in [6.45, 7) is 0. The van der Waals surface area contributed by atoms with Gasteiger partial charge in [-0.3, -0.25) is 0 Å². The summed E-state index contributed by atoms with van der Waals surface area (Å²) >= 11 is 0. The van der Waals surface area contributed by atoms with Crippen molar-refractivity contribution in [2.75, 3.05) is 20.0 Å². The standard InChI is InChI=1S/C15H15N3O3.CH4O.Mo.2O/c1-21-11-7-6-10(14(19)8-11)9-17-18-15(20)12-4-2-3-5-13(12)16;1-2;;;/h2-9,19H,16H2,1H3,(H,18,20);2H,1H3;;;/q;;;2*-2/p-2/b17-9+;;;;. The summed E-state index contributed by atoms with van der Waals surface area (Å²) in [6, 6.07) is 11.1. The maximum Gasteiger partial charge on any atom is 0.118 e. The number of aliphatic hydroxyl groups is 1. The predicted molar refractivity (Wildman–Crippen MR) is 86.9 cm³/mol. The molecular weight excluding hydrogens is 426 g/mol. The molecule has 144 valence electrons. The largest absolute Gasteiger partial charge is 2.00 e. The first-order valence-corrected chi connectivity index (χ1v) is 6.54. The van der Waals surface area contributed by atoms with Crippen LogP contribution >= 0.6 is 0 Å². The van der Waals surface area contributed by atoms with Crippen molar-refractivity contribution in [2.24, 2.45) is 10.2 Å². The minimum atomic E-state index is -0.565. The Labute approximate surface area is 165 Å². The average Bonchev–Trinajstić information content (AvgIpc) is 2.58. The van der Waals surface area contributed by atoms with Crippen molar-refractivity contribution in [3.05, 3.63) is 53.6 Å². The molecule has 0 aliphatic carbocycles. The van der Waals surface area contributed by atoms with E-state index >= 15 is 0 Å². The van der Waals surface area contributed by atoms with Crippen LogP contribution < -0.4 is 20.7 Å². The van der Waals surface area contributed by atoms with E-state index in [1.807, 2.05) is 0 Å². The molecule has 0 heterocycles. The second-order valence-electron chi connectivity index (χ2n) is 4.14.